The third kappa shape index (κ3) is 1.93. The first-order valence-electron chi connectivity index (χ1n) is 4.96. The van der Waals surface area contributed by atoms with Gasteiger partial charge in [-0.05, 0) is 24.7 Å². The number of carbonyl (C=O) groups excluding carboxylic acids is 1. The van der Waals surface area contributed by atoms with Crippen molar-refractivity contribution in [3.8, 4) is 0 Å². The van der Waals surface area contributed by atoms with Crippen LogP contribution in [0.5, 0.6) is 0 Å². The van der Waals surface area contributed by atoms with E-state index in [0.29, 0.717) is 11.5 Å². The van der Waals surface area contributed by atoms with Crippen molar-refractivity contribution in [1.82, 2.24) is 0 Å². The van der Waals surface area contributed by atoms with Crippen LogP contribution in [0, 0.1) is 17.8 Å². The summed E-state index contributed by atoms with van der Waals surface area (Å²) in [5.74, 6) is 0.883. The molecule has 1 aliphatic carbocycles. The van der Waals surface area contributed by atoms with Crippen LogP contribution in [0.15, 0.2) is 11.8 Å². The number of hydrogen-bond donors (Lipinski definition) is 1. The smallest absolute Gasteiger partial charge is 0.165 e. The van der Waals surface area contributed by atoms with Crippen molar-refractivity contribution < 1.29 is 9.90 Å². The lowest BCUT2D eigenvalue weighted by molar-refractivity contribution is -0.122. The molecule has 0 saturated heterocycles. The van der Waals surface area contributed by atoms with E-state index in [2.05, 4.69) is 13.8 Å². The number of allylic oxidation sites excluding steroid dienone is 1. The van der Waals surface area contributed by atoms with Crippen molar-refractivity contribution >= 4 is 5.78 Å². The molecular weight excluding hydrogens is 164 g/mol. The topological polar surface area (TPSA) is 37.3 Å². The van der Waals surface area contributed by atoms with Crippen molar-refractivity contribution in [2.24, 2.45) is 17.8 Å². The molecule has 0 radical (unpaired) electrons. The van der Waals surface area contributed by atoms with Crippen molar-refractivity contribution in [3.05, 3.63) is 11.8 Å². The van der Waals surface area contributed by atoms with Gasteiger partial charge in [-0.2, -0.15) is 0 Å². The van der Waals surface area contributed by atoms with Gasteiger partial charge in [-0.15, -0.1) is 0 Å². The van der Waals surface area contributed by atoms with Gasteiger partial charge in [0.2, 0.25) is 0 Å². The van der Waals surface area contributed by atoms with E-state index in [4.69, 9.17) is 5.11 Å². The number of ketones is 1. The molecule has 0 aromatic carbocycles. The zero-order valence-corrected chi connectivity index (χ0v) is 8.58. The summed E-state index contributed by atoms with van der Waals surface area (Å²) in [7, 11) is 0. The Morgan fingerprint density at radius 3 is 2.54 bits per heavy atom. The first kappa shape index (κ1) is 10.3. The molecule has 0 spiro atoms. The Labute approximate surface area is 79.6 Å². The highest BCUT2D eigenvalue weighted by Gasteiger charge is 2.32. The second-order valence-corrected chi connectivity index (χ2v) is 4.28. The summed E-state index contributed by atoms with van der Waals surface area (Å²) in [6.45, 7) is 6.12. The highest BCUT2D eigenvalue weighted by Crippen LogP contribution is 2.33. The van der Waals surface area contributed by atoms with Crippen molar-refractivity contribution in [2.45, 2.75) is 33.6 Å². The highest BCUT2D eigenvalue weighted by molar-refractivity contribution is 5.98. The molecule has 0 amide bonds. The Hall–Kier alpha value is -0.790. The Morgan fingerprint density at radius 1 is 1.46 bits per heavy atom. The summed E-state index contributed by atoms with van der Waals surface area (Å²) in [6.07, 6.45) is 2.98. The summed E-state index contributed by atoms with van der Waals surface area (Å²) in [5.41, 5.74) is 0.616. The maximum Gasteiger partial charge on any atom is 0.165 e. The molecule has 0 bridgehead atoms. The van der Waals surface area contributed by atoms with Gasteiger partial charge in [0.05, 0.1) is 6.26 Å². The zero-order valence-electron chi connectivity index (χ0n) is 8.58. The number of hydrogen-bond acceptors (Lipinski definition) is 2. The van der Waals surface area contributed by atoms with Gasteiger partial charge in [-0.25, -0.2) is 0 Å². The van der Waals surface area contributed by atoms with Crippen LogP contribution in [0.1, 0.15) is 33.6 Å². The second-order valence-electron chi connectivity index (χ2n) is 4.28. The predicted molar refractivity (Wildman–Crippen MR) is 52.4 cm³/mol. The molecular formula is C11H18O2. The normalized spacial score (nSPS) is 32.9. The van der Waals surface area contributed by atoms with Gasteiger partial charge >= 0.3 is 0 Å². The third-order valence-corrected chi connectivity index (χ3v) is 3.01. The molecule has 1 N–H and O–H groups in total. The first-order chi connectivity index (χ1) is 6.07. The standard InChI is InChI=1S/C11H18O2/c1-7(2)9-5-4-8(3)10(6-12)11(9)13/h6-9,12H,4-5H2,1-3H3/b10-6-/t8-,9-/m1/s1. The predicted octanol–water partition coefficient (Wildman–Crippen LogP) is 2.70. The average Bonchev–Trinajstić information content (AvgIpc) is 2.04. The Morgan fingerprint density at radius 2 is 2.08 bits per heavy atom. The van der Waals surface area contributed by atoms with Gasteiger partial charge in [0.25, 0.3) is 0 Å². The number of rotatable bonds is 1. The van der Waals surface area contributed by atoms with Gasteiger partial charge in [0.15, 0.2) is 5.78 Å². The van der Waals surface area contributed by atoms with Gasteiger partial charge in [-0.3, -0.25) is 4.79 Å². The third-order valence-electron chi connectivity index (χ3n) is 3.01. The Kier molecular flexibility index (Phi) is 3.12. The van der Waals surface area contributed by atoms with Crippen LogP contribution in [0.25, 0.3) is 0 Å². The fourth-order valence-electron chi connectivity index (χ4n) is 2.00. The fourth-order valence-corrected chi connectivity index (χ4v) is 2.00. The largest absolute Gasteiger partial charge is 0.515 e. The Bertz CT molecular complexity index is 228. The molecule has 2 heteroatoms. The van der Waals surface area contributed by atoms with E-state index < -0.39 is 0 Å². The lowest BCUT2D eigenvalue weighted by Crippen LogP contribution is -2.30. The molecule has 1 fully saturated rings. The number of aliphatic hydroxyl groups is 1. The van der Waals surface area contributed by atoms with Gasteiger partial charge in [0, 0.05) is 11.5 Å². The Balaban J connectivity index is 2.82. The highest BCUT2D eigenvalue weighted by atomic mass is 16.2. The first-order valence-corrected chi connectivity index (χ1v) is 4.96. The van der Waals surface area contributed by atoms with Crippen LogP contribution in [0.2, 0.25) is 0 Å². The quantitative estimate of drug-likeness (QED) is 0.500. The molecule has 2 nitrogen and oxygen atoms in total. The van der Waals surface area contributed by atoms with E-state index in [1.165, 1.54) is 0 Å². The molecule has 0 aliphatic heterocycles. The molecule has 0 aromatic rings. The molecule has 0 heterocycles. The molecule has 1 aliphatic rings. The molecule has 0 unspecified atom stereocenters. The van der Waals surface area contributed by atoms with Crippen LogP contribution in [-0.4, -0.2) is 10.9 Å². The summed E-state index contributed by atoms with van der Waals surface area (Å²) in [4.78, 5) is 11.8. The van der Waals surface area contributed by atoms with E-state index in [-0.39, 0.29) is 17.6 Å². The number of carbonyl (C=O) groups is 1. The maximum atomic E-state index is 11.8. The summed E-state index contributed by atoms with van der Waals surface area (Å²) >= 11 is 0. The van der Waals surface area contributed by atoms with E-state index >= 15 is 0 Å². The second kappa shape index (κ2) is 3.95. The maximum absolute atomic E-state index is 11.8. The van der Waals surface area contributed by atoms with Crippen molar-refractivity contribution in [1.29, 1.82) is 0 Å². The minimum atomic E-state index is 0.120. The van der Waals surface area contributed by atoms with Crippen LogP contribution in [0.4, 0.5) is 0 Å². The van der Waals surface area contributed by atoms with E-state index in [1.54, 1.807) is 0 Å². The van der Waals surface area contributed by atoms with Gasteiger partial charge in [-0.1, -0.05) is 20.8 Å². The molecule has 13 heavy (non-hydrogen) atoms. The van der Waals surface area contributed by atoms with Crippen molar-refractivity contribution in [3.63, 3.8) is 0 Å². The minimum absolute atomic E-state index is 0.120. The van der Waals surface area contributed by atoms with E-state index in [9.17, 15) is 4.79 Å². The lowest BCUT2D eigenvalue weighted by atomic mass is 9.74. The average molecular weight is 182 g/mol. The summed E-state index contributed by atoms with van der Waals surface area (Å²) in [6, 6.07) is 0. The van der Waals surface area contributed by atoms with Gasteiger partial charge in [0.1, 0.15) is 0 Å². The molecule has 74 valence electrons. The minimum Gasteiger partial charge on any atom is -0.515 e. The fraction of sp³-hybridized carbons (Fsp3) is 0.727. The molecule has 2 atom stereocenters. The zero-order chi connectivity index (χ0) is 10.0. The van der Waals surface area contributed by atoms with E-state index in [0.717, 1.165) is 19.1 Å². The number of Topliss-reactive ketones (excluding diaryl/α,β-unsaturated/α-hetero) is 1. The van der Waals surface area contributed by atoms with Gasteiger partial charge < -0.3 is 5.11 Å². The molecule has 1 rings (SSSR count). The van der Waals surface area contributed by atoms with Crippen molar-refractivity contribution in [2.75, 3.05) is 0 Å². The van der Waals surface area contributed by atoms with Crippen LogP contribution < -0.4 is 0 Å². The monoisotopic (exact) mass is 182 g/mol. The SMILES string of the molecule is CC(C)[C@H]1CC[C@@H](C)/C(=C/O)C1=O. The molecule has 0 aromatic heterocycles. The van der Waals surface area contributed by atoms with Crippen LogP contribution in [0.3, 0.4) is 0 Å². The molecule has 1 saturated carbocycles. The summed E-state index contributed by atoms with van der Waals surface area (Å²) in [5, 5.41) is 8.95. The van der Waals surface area contributed by atoms with E-state index in [1.807, 2.05) is 6.92 Å². The summed E-state index contributed by atoms with van der Waals surface area (Å²) < 4.78 is 0. The van der Waals surface area contributed by atoms with Crippen LogP contribution in [-0.2, 0) is 4.79 Å². The van der Waals surface area contributed by atoms with Crippen LogP contribution >= 0.6 is 0 Å². The lowest BCUT2D eigenvalue weighted by Gasteiger charge is -2.29. The number of aliphatic hydroxyl groups excluding tert-OH is 1.